The Balaban J connectivity index is 2.46. The summed E-state index contributed by atoms with van der Waals surface area (Å²) in [6, 6.07) is 2.52. The number of rotatable bonds is 3. The van der Waals surface area contributed by atoms with Gasteiger partial charge in [-0.1, -0.05) is 11.6 Å². The van der Waals surface area contributed by atoms with E-state index in [1.54, 1.807) is 0 Å². The number of hydrogen-bond acceptors (Lipinski definition) is 5. The van der Waals surface area contributed by atoms with Crippen molar-refractivity contribution in [3.63, 3.8) is 0 Å². The van der Waals surface area contributed by atoms with Crippen molar-refractivity contribution in [3.05, 3.63) is 40.3 Å². The minimum Gasteiger partial charge on any atom is -0.394 e. The molecule has 0 saturated heterocycles. The van der Waals surface area contributed by atoms with Gasteiger partial charge in [-0.3, -0.25) is 4.72 Å². The zero-order chi connectivity index (χ0) is 15.8. The molecule has 2 aromatic rings. The van der Waals surface area contributed by atoms with Crippen molar-refractivity contribution in [1.29, 1.82) is 0 Å². The van der Waals surface area contributed by atoms with Crippen LogP contribution in [-0.4, -0.2) is 18.4 Å². The minimum atomic E-state index is -4.40. The highest BCUT2D eigenvalue weighted by Gasteiger charge is 2.23. The highest BCUT2D eigenvalue weighted by Crippen LogP contribution is 2.25. The van der Waals surface area contributed by atoms with E-state index >= 15 is 0 Å². The van der Waals surface area contributed by atoms with E-state index in [0.29, 0.717) is 0 Å². The molecule has 0 saturated carbocycles. The number of anilines is 2. The Bertz CT molecular complexity index is 797. The monoisotopic (exact) mass is 354 g/mol. The lowest BCUT2D eigenvalue weighted by molar-refractivity contribution is 0.557. The quantitative estimate of drug-likeness (QED) is 0.501. The van der Waals surface area contributed by atoms with Crippen LogP contribution in [0, 0.1) is 11.6 Å². The lowest BCUT2D eigenvalue weighted by atomic mass is 10.3. The maximum atomic E-state index is 13.8. The van der Waals surface area contributed by atoms with Gasteiger partial charge in [-0.2, -0.15) is 4.98 Å². The molecule has 1 heterocycles. The van der Waals surface area contributed by atoms with Gasteiger partial charge in [0.05, 0.1) is 0 Å². The van der Waals surface area contributed by atoms with Crippen LogP contribution in [0.15, 0.2) is 23.1 Å². The Kier molecular flexibility index (Phi) is 4.17. The third-order valence-corrected chi connectivity index (χ3v) is 4.02. The topological polar surface area (TPSA) is 98.0 Å². The predicted octanol–water partition coefficient (Wildman–Crippen LogP) is 2.44. The molecule has 112 valence electrons. The first kappa shape index (κ1) is 15.7. The standard InChI is InChI=1S/C10H6Cl2F2N4O2S/c11-6-3-7(17-10(12)16-6)18-21(19,20)5-2-1-4(13)9(15)8(5)14/h1-3H,15H2,(H,16,17,18). The number of aromatic nitrogens is 2. The Labute approximate surface area is 128 Å². The zero-order valence-electron chi connectivity index (χ0n) is 9.94. The third kappa shape index (κ3) is 3.31. The number of hydrogen-bond donors (Lipinski definition) is 2. The van der Waals surface area contributed by atoms with Gasteiger partial charge >= 0.3 is 0 Å². The number of nitrogens with two attached hydrogens (primary N) is 1. The van der Waals surface area contributed by atoms with Gasteiger partial charge in [-0.25, -0.2) is 22.2 Å². The van der Waals surface area contributed by atoms with Gasteiger partial charge < -0.3 is 5.73 Å². The Hall–Kier alpha value is -1.71. The van der Waals surface area contributed by atoms with Crippen LogP contribution >= 0.6 is 23.2 Å². The van der Waals surface area contributed by atoms with Crippen molar-refractivity contribution in [1.82, 2.24) is 9.97 Å². The SMILES string of the molecule is Nc1c(F)ccc(S(=O)(=O)Nc2cc(Cl)nc(Cl)n2)c1F. The highest BCUT2D eigenvalue weighted by atomic mass is 35.5. The van der Waals surface area contributed by atoms with E-state index in [9.17, 15) is 17.2 Å². The fourth-order valence-corrected chi connectivity index (χ4v) is 2.88. The first-order valence-electron chi connectivity index (χ1n) is 5.17. The summed E-state index contributed by atoms with van der Waals surface area (Å²) in [6.45, 7) is 0. The van der Waals surface area contributed by atoms with E-state index in [1.165, 1.54) is 0 Å². The number of nitrogens with one attached hydrogen (secondary N) is 1. The molecule has 0 radical (unpaired) electrons. The van der Waals surface area contributed by atoms with E-state index in [4.69, 9.17) is 28.9 Å². The zero-order valence-corrected chi connectivity index (χ0v) is 12.3. The molecule has 2 rings (SSSR count). The Morgan fingerprint density at radius 3 is 2.48 bits per heavy atom. The van der Waals surface area contributed by atoms with Gasteiger partial charge in [0.1, 0.15) is 27.4 Å². The molecule has 0 bridgehead atoms. The molecular formula is C10H6Cl2F2N4O2S. The summed E-state index contributed by atoms with van der Waals surface area (Å²) < 4.78 is 52.8. The molecule has 3 N–H and O–H groups in total. The molecule has 6 nitrogen and oxygen atoms in total. The molecule has 0 unspecified atom stereocenters. The highest BCUT2D eigenvalue weighted by molar-refractivity contribution is 7.92. The van der Waals surface area contributed by atoms with Crippen LogP contribution in [0.4, 0.5) is 20.3 Å². The molecule has 0 aliphatic carbocycles. The largest absolute Gasteiger partial charge is 0.394 e. The van der Waals surface area contributed by atoms with Crippen LogP contribution in [0.1, 0.15) is 0 Å². The van der Waals surface area contributed by atoms with Crippen molar-refractivity contribution >= 4 is 44.7 Å². The van der Waals surface area contributed by atoms with Gasteiger partial charge in [0.15, 0.2) is 5.82 Å². The van der Waals surface area contributed by atoms with Gasteiger partial charge in [0.25, 0.3) is 10.0 Å². The molecule has 0 aliphatic heterocycles. The van der Waals surface area contributed by atoms with Crippen LogP contribution in [0.2, 0.25) is 10.4 Å². The average Bonchev–Trinajstić information content (AvgIpc) is 2.33. The molecule has 0 aliphatic rings. The van der Waals surface area contributed by atoms with E-state index in [0.717, 1.165) is 18.2 Å². The molecule has 0 amide bonds. The van der Waals surface area contributed by atoms with E-state index in [2.05, 4.69) is 9.97 Å². The summed E-state index contributed by atoms with van der Waals surface area (Å²) in [6.07, 6.45) is 0. The first-order valence-corrected chi connectivity index (χ1v) is 7.41. The van der Waals surface area contributed by atoms with Gasteiger partial charge in [-0.05, 0) is 23.7 Å². The number of nitrogens with zero attached hydrogens (tertiary/aromatic N) is 2. The van der Waals surface area contributed by atoms with Crippen LogP contribution in [0.5, 0.6) is 0 Å². The Morgan fingerprint density at radius 1 is 1.19 bits per heavy atom. The predicted molar refractivity (Wildman–Crippen MR) is 73.6 cm³/mol. The van der Waals surface area contributed by atoms with E-state index in [1.807, 2.05) is 4.72 Å². The molecule has 0 atom stereocenters. The molecular weight excluding hydrogens is 349 g/mol. The van der Waals surface area contributed by atoms with Crippen LogP contribution in [0.3, 0.4) is 0 Å². The molecule has 0 spiro atoms. The lowest BCUT2D eigenvalue weighted by Gasteiger charge is -2.10. The van der Waals surface area contributed by atoms with E-state index in [-0.39, 0.29) is 16.3 Å². The second-order valence-electron chi connectivity index (χ2n) is 3.72. The van der Waals surface area contributed by atoms with Crippen LogP contribution < -0.4 is 10.5 Å². The van der Waals surface area contributed by atoms with Crippen LogP contribution in [0.25, 0.3) is 0 Å². The third-order valence-electron chi connectivity index (χ3n) is 2.29. The molecule has 21 heavy (non-hydrogen) atoms. The van der Waals surface area contributed by atoms with Crippen molar-refractivity contribution < 1.29 is 17.2 Å². The number of benzene rings is 1. The number of halogens is 4. The average molecular weight is 355 g/mol. The number of nitrogen functional groups attached to an aromatic ring is 1. The lowest BCUT2D eigenvalue weighted by Crippen LogP contribution is -2.17. The molecule has 1 aromatic carbocycles. The maximum absolute atomic E-state index is 13.8. The van der Waals surface area contributed by atoms with Crippen LogP contribution in [-0.2, 0) is 10.0 Å². The summed E-state index contributed by atoms with van der Waals surface area (Å²) in [5, 5.41) is -0.425. The smallest absolute Gasteiger partial charge is 0.266 e. The number of sulfonamides is 1. The summed E-state index contributed by atoms with van der Waals surface area (Å²) in [5.74, 6) is -2.75. The molecule has 0 fully saturated rings. The van der Waals surface area contributed by atoms with Gasteiger partial charge in [-0.15, -0.1) is 0 Å². The maximum Gasteiger partial charge on any atom is 0.266 e. The molecule has 1 aromatic heterocycles. The summed E-state index contributed by atoms with van der Waals surface area (Å²) >= 11 is 11.1. The fraction of sp³-hybridized carbons (Fsp3) is 0. The van der Waals surface area contributed by atoms with Crippen molar-refractivity contribution in [2.75, 3.05) is 10.5 Å². The van der Waals surface area contributed by atoms with Gasteiger partial charge in [0.2, 0.25) is 5.28 Å². The summed E-state index contributed by atoms with van der Waals surface area (Å²) in [5.41, 5.74) is 4.21. The molecule has 11 heteroatoms. The second kappa shape index (κ2) is 5.58. The minimum absolute atomic E-state index is 0.119. The summed E-state index contributed by atoms with van der Waals surface area (Å²) in [4.78, 5) is 6.25. The van der Waals surface area contributed by atoms with Gasteiger partial charge in [0, 0.05) is 6.07 Å². The van der Waals surface area contributed by atoms with Crippen molar-refractivity contribution in [2.45, 2.75) is 4.90 Å². The summed E-state index contributed by atoms with van der Waals surface area (Å²) in [7, 11) is -4.40. The normalized spacial score (nSPS) is 11.4. The fourth-order valence-electron chi connectivity index (χ4n) is 1.39. The second-order valence-corrected chi connectivity index (χ2v) is 6.10. The van der Waals surface area contributed by atoms with E-state index < -0.39 is 32.2 Å². The first-order chi connectivity index (χ1) is 9.70. The van der Waals surface area contributed by atoms with Crippen molar-refractivity contribution in [3.8, 4) is 0 Å². The van der Waals surface area contributed by atoms with Crippen molar-refractivity contribution in [2.24, 2.45) is 0 Å². The Morgan fingerprint density at radius 2 is 1.86 bits per heavy atom.